The minimum Gasteiger partial charge on any atom is -0.319 e. The third-order valence-electron chi connectivity index (χ3n) is 4.66. The number of hydrogen-bond donors (Lipinski definition) is 0. The van der Waals surface area contributed by atoms with Gasteiger partial charge in [0.2, 0.25) is 0 Å². The first-order valence-electron chi connectivity index (χ1n) is 7.92. The molecule has 0 N–H and O–H groups in total. The van der Waals surface area contributed by atoms with Crippen molar-refractivity contribution in [3.63, 3.8) is 0 Å². The maximum Gasteiger partial charge on any atom is 0.416 e. The molecule has 0 aliphatic carbocycles. The number of hydrogen-bond acceptors (Lipinski definition) is 1. The van der Waals surface area contributed by atoms with Crippen molar-refractivity contribution in [3.8, 4) is 0 Å². The quantitative estimate of drug-likeness (QED) is 0.459. The van der Waals surface area contributed by atoms with Crippen LogP contribution in [-0.4, -0.2) is 12.3 Å². The molecule has 0 saturated carbocycles. The second kappa shape index (κ2) is 6.45. The lowest BCUT2D eigenvalue weighted by molar-refractivity contribution is -0.143. The first kappa shape index (κ1) is 19.0. The highest BCUT2D eigenvalue weighted by Crippen LogP contribution is 2.56. The van der Waals surface area contributed by atoms with Crippen molar-refractivity contribution in [3.05, 3.63) is 65.2 Å². The van der Waals surface area contributed by atoms with E-state index in [1.54, 1.807) is 30.3 Å². The Morgan fingerprint density at radius 2 is 1.38 bits per heavy atom. The summed E-state index contributed by atoms with van der Waals surface area (Å²) in [7, 11) is -2.82. The van der Waals surface area contributed by atoms with Crippen LogP contribution in [0.4, 0.5) is 26.3 Å². The Bertz CT molecular complexity index is 809. The van der Waals surface area contributed by atoms with Crippen LogP contribution in [0.3, 0.4) is 0 Å². The van der Waals surface area contributed by atoms with Gasteiger partial charge in [-0.15, -0.1) is 0 Å². The van der Waals surface area contributed by atoms with E-state index < -0.39 is 36.5 Å². The Labute approximate surface area is 146 Å². The van der Waals surface area contributed by atoms with E-state index in [0.29, 0.717) is 11.7 Å². The summed E-state index contributed by atoms with van der Waals surface area (Å²) in [6.45, 7) is 0. The molecule has 0 amide bonds. The molecule has 1 saturated heterocycles. The SMILES string of the molecule is O=[P@@]1(c2ccccc2)CC[C@@H](c2cc(C(F)(F)F)cc(C(F)(F)F)c2)C1. The van der Waals surface area contributed by atoms with Gasteiger partial charge in [-0.2, -0.15) is 26.3 Å². The average molecular weight is 392 g/mol. The van der Waals surface area contributed by atoms with Crippen molar-refractivity contribution in [2.75, 3.05) is 12.3 Å². The Morgan fingerprint density at radius 3 is 1.88 bits per heavy atom. The topological polar surface area (TPSA) is 17.1 Å². The highest BCUT2D eigenvalue weighted by atomic mass is 31.2. The van der Waals surface area contributed by atoms with E-state index in [9.17, 15) is 30.9 Å². The van der Waals surface area contributed by atoms with Crippen LogP contribution in [0.25, 0.3) is 0 Å². The lowest BCUT2D eigenvalue weighted by Gasteiger charge is -2.18. The Kier molecular flexibility index (Phi) is 4.72. The number of rotatable bonds is 2. The molecular weight excluding hydrogens is 377 g/mol. The molecule has 1 nitrogen and oxygen atoms in total. The minimum atomic E-state index is -4.88. The number of benzene rings is 2. The lowest BCUT2D eigenvalue weighted by atomic mass is 9.94. The Hall–Kier alpha value is -1.75. The lowest BCUT2D eigenvalue weighted by Crippen LogP contribution is -2.13. The smallest absolute Gasteiger partial charge is 0.319 e. The molecule has 1 aliphatic heterocycles. The van der Waals surface area contributed by atoms with Crippen molar-refractivity contribution in [1.82, 2.24) is 0 Å². The molecule has 0 unspecified atom stereocenters. The molecule has 1 aliphatic rings. The Morgan fingerprint density at radius 1 is 0.846 bits per heavy atom. The van der Waals surface area contributed by atoms with Gasteiger partial charge < -0.3 is 4.57 Å². The summed E-state index contributed by atoms with van der Waals surface area (Å²) in [5, 5.41) is 0.616. The van der Waals surface area contributed by atoms with E-state index in [-0.39, 0.29) is 24.0 Å². The van der Waals surface area contributed by atoms with Gasteiger partial charge in [0.05, 0.1) is 11.1 Å². The van der Waals surface area contributed by atoms with E-state index in [1.165, 1.54) is 0 Å². The molecule has 8 heteroatoms. The molecule has 2 aromatic rings. The predicted molar refractivity (Wildman–Crippen MR) is 87.2 cm³/mol. The van der Waals surface area contributed by atoms with Crippen molar-refractivity contribution in [1.29, 1.82) is 0 Å². The zero-order valence-electron chi connectivity index (χ0n) is 13.4. The van der Waals surface area contributed by atoms with Gasteiger partial charge in [0, 0.05) is 17.6 Å². The van der Waals surface area contributed by atoms with E-state index in [4.69, 9.17) is 0 Å². The molecule has 0 radical (unpaired) electrons. The molecule has 0 bridgehead atoms. The molecule has 2 atom stereocenters. The highest BCUT2D eigenvalue weighted by Gasteiger charge is 2.40. The zero-order chi connectivity index (χ0) is 19.2. The molecule has 0 spiro atoms. The fourth-order valence-corrected chi connectivity index (χ4v) is 6.53. The van der Waals surface area contributed by atoms with Crippen LogP contribution in [0, 0.1) is 0 Å². The monoisotopic (exact) mass is 392 g/mol. The molecule has 1 heterocycles. The maximum absolute atomic E-state index is 13.1. The van der Waals surface area contributed by atoms with Crippen LogP contribution in [0.2, 0.25) is 0 Å². The third-order valence-corrected chi connectivity index (χ3v) is 7.91. The van der Waals surface area contributed by atoms with Gasteiger partial charge in [0.15, 0.2) is 0 Å². The van der Waals surface area contributed by atoms with Crippen LogP contribution in [0.1, 0.15) is 29.0 Å². The van der Waals surface area contributed by atoms with Crippen LogP contribution < -0.4 is 5.30 Å². The van der Waals surface area contributed by atoms with Crippen molar-refractivity contribution < 1.29 is 30.9 Å². The summed E-state index contributed by atoms with van der Waals surface area (Å²) in [4.78, 5) is 0. The normalized spacial score (nSPS) is 24.0. The molecule has 0 aromatic heterocycles. The molecule has 3 rings (SSSR count). The summed E-state index contributed by atoms with van der Waals surface area (Å²) in [6, 6.07) is 10.2. The van der Waals surface area contributed by atoms with Gasteiger partial charge in [-0.05, 0) is 36.1 Å². The largest absolute Gasteiger partial charge is 0.416 e. The second-order valence-electron chi connectivity index (χ2n) is 6.46. The number of alkyl halides is 6. The fraction of sp³-hybridized carbons (Fsp3) is 0.333. The zero-order valence-corrected chi connectivity index (χ0v) is 14.3. The predicted octanol–water partition coefficient (Wildman–Crippen LogP) is 5.90. The van der Waals surface area contributed by atoms with Crippen molar-refractivity contribution in [2.45, 2.75) is 24.7 Å². The van der Waals surface area contributed by atoms with E-state index in [1.807, 2.05) is 0 Å². The van der Waals surface area contributed by atoms with Gasteiger partial charge in [0.1, 0.15) is 7.14 Å². The molecule has 2 aromatic carbocycles. The summed E-state index contributed by atoms with van der Waals surface area (Å²) in [5.41, 5.74) is -2.71. The maximum atomic E-state index is 13.1. The standard InChI is InChI=1S/C18H15F6OP/c19-17(20,21)14-8-13(9-15(10-14)18(22,23)24)12-6-7-26(25,11-12)16-4-2-1-3-5-16/h1-5,8-10,12H,6-7,11H2/t12-,26+/m1/s1. The van der Waals surface area contributed by atoms with E-state index in [2.05, 4.69) is 0 Å². The molecular formula is C18H15F6OP. The van der Waals surface area contributed by atoms with Gasteiger partial charge in [-0.1, -0.05) is 30.3 Å². The molecule has 26 heavy (non-hydrogen) atoms. The third kappa shape index (κ3) is 3.83. The summed E-state index contributed by atoms with van der Waals surface area (Å²) < 4.78 is 91.2. The molecule has 1 fully saturated rings. The van der Waals surface area contributed by atoms with Gasteiger partial charge >= 0.3 is 12.4 Å². The summed E-state index contributed by atoms with van der Waals surface area (Å²) in [6.07, 6.45) is -9.10. The van der Waals surface area contributed by atoms with E-state index >= 15 is 0 Å². The Balaban J connectivity index is 1.98. The highest BCUT2D eigenvalue weighted by molar-refractivity contribution is 7.71. The second-order valence-corrected chi connectivity index (χ2v) is 9.56. The van der Waals surface area contributed by atoms with Crippen LogP contribution in [-0.2, 0) is 16.9 Å². The minimum absolute atomic E-state index is 0.0548. The van der Waals surface area contributed by atoms with E-state index in [0.717, 1.165) is 12.1 Å². The first-order chi connectivity index (χ1) is 12.0. The van der Waals surface area contributed by atoms with Crippen molar-refractivity contribution >= 4 is 12.4 Å². The fourth-order valence-electron chi connectivity index (χ4n) is 3.32. The van der Waals surface area contributed by atoms with Crippen LogP contribution in [0.5, 0.6) is 0 Å². The number of halogens is 6. The van der Waals surface area contributed by atoms with Crippen molar-refractivity contribution in [2.24, 2.45) is 0 Å². The van der Waals surface area contributed by atoms with Crippen LogP contribution in [0.15, 0.2) is 48.5 Å². The van der Waals surface area contributed by atoms with Gasteiger partial charge in [0.25, 0.3) is 0 Å². The summed E-state index contributed by atoms with van der Waals surface area (Å²) in [5.74, 6) is -0.593. The molecule has 140 valence electrons. The first-order valence-corrected chi connectivity index (χ1v) is 10.00. The van der Waals surface area contributed by atoms with Gasteiger partial charge in [-0.3, -0.25) is 0 Å². The summed E-state index contributed by atoms with van der Waals surface area (Å²) >= 11 is 0. The van der Waals surface area contributed by atoms with Gasteiger partial charge in [-0.25, -0.2) is 0 Å². The van der Waals surface area contributed by atoms with Crippen LogP contribution >= 0.6 is 7.14 Å². The average Bonchev–Trinajstić information content (AvgIpc) is 2.97.